The number of aromatic nitrogens is 1. The van der Waals surface area contributed by atoms with Crippen LogP contribution in [0.5, 0.6) is 5.75 Å². The number of ether oxygens (including phenoxy) is 2. The minimum absolute atomic E-state index is 0.0560. The van der Waals surface area contributed by atoms with Crippen LogP contribution in [0.1, 0.15) is 35.8 Å². The second-order valence-corrected chi connectivity index (χ2v) is 9.11. The lowest BCUT2D eigenvalue weighted by atomic mass is 10.1. The molecule has 0 aliphatic carbocycles. The van der Waals surface area contributed by atoms with Crippen molar-refractivity contribution in [2.45, 2.75) is 38.6 Å². The highest BCUT2D eigenvalue weighted by Gasteiger charge is 2.30. The predicted octanol–water partition coefficient (Wildman–Crippen LogP) is 2.72. The third-order valence-electron chi connectivity index (χ3n) is 6.55. The molecule has 2 aliphatic heterocycles. The molecule has 2 fully saturated rings. The van der Waals surface area contributed by atoms with Crippen molar-refractivity contribution in [3.8, 4) is 5.75 Å². The van der Waals surface area contributed by atoms with Gasteiger partial charge in [0.1, 0.15) is 12.0 Å². The van der Waals surface area contributed by atoms with E-state index < -0.39 is 0 Å². The van der Waals surface area contributed by atoms with E-state index in [-0.39, 0.29) is 24.8 Å². The molecule has 9 nitrogen and oxygen atoms in total. The number of carbonyl (C=O) groups is 1. The van der Waals surface area contributed by atoms with Gasteiger partial charge in [-0.1, -0.05) is 17.7 Å². The average molecular weight is 504 g/mol. The number of halogens is 1. The molecule has 2 saturated heterocycles. The van der Waals surface area contributed by atoms with E-state index in [4.69, 9.17) is 21.1 Å². The Morgan fingerprint density at radius 1 is 1.43 bits per heavy atom. The van der Waals surface area contributed by atoms with Gasteiger partial charge in [-0.2, -0.15) is 0 Å². The number of likely N-dealkylation sites (N-methyl/N-ethyl adjacent to an activating group) is 1. The molecule has 4 rings (SSSR count). The third kappa shape index (κ3) is 5.81. The molecule has 0 saturated carbocycles. The van der Waals surface area contributed by atoms with Crippen LogP contribution in [0.3, 0.4) is 0 Å². The van der Waals surface area contributed by atoms with Gasteiger partial charge >= 0.3 is 0 Å². The minimum Gasteiger partial charge on any atom is -0.495 e. The number of nitrogens with zero attached hydrogens (tertiary/aromatic N) is 3. The van der Waals surface area contributed by atoms with E-state index in [0.717, 1.165) is 37.2 Å². The van der Waals surface area contributed by atoms with Crippen LogP contribution in [0.2, 0.25) is 5.02 Å². The summed E-state index contributed by atoms with van der Waals surface area (Å²) in [4.78, 5) is 22.1. The number of amides is 1. The molecule has 3 N–H and O–H groups in total. The number of hydrogen-bond donors (Lipinski definition) is 3. The largest absolute Gasteiger partial charge is 0.495 e. The Balaban J connectivity index is 1.62. The van der Waals surface area contributed by atoms with E-state index in [2.05, 4.69) is 20.5 Å². The number of carbonyl (C=O) groups excluding carboxylic acids is 1. The molecule has 2 aromatic rings. The van der Waals surface area contributed by atoms with Crippen LogP contribution in [-0.2, 0) is 11.3 Å². The van der Waals surface area contributed by atoms with Crippen LogP contribution in [-0.4, -0.2) is 79.7 Å². The smallest absolute Gasteiger partial charge is 0.276 e. The maximum Gasteiger partial charge on any atom is 0.276 e. The first-order valence-electron chi connectivity index (χ1n) is 12.1. The lowest BCUT2D eigenvalue weighted by Crippen LogP contribution is -2.51. The van der Waals surface area contributed by atoms with Crippen molar-refractivity contribution in [2.24, 2.45) is 0 Å². The molecule has 0 radical (unpaired) electrons. The molecule has 10 heteroatoms. The Morgan fingerprint density at radius 3 is 2.97 bits per heavy atom. The quantitative estimate of drug-likeness (QED) is 0.480. The lowest BCUT2D eigenvalue weighted by Gasteiger charge is -2.34. The van der Waals surface area contributed by atoms with E-state index in [9.17, 15) is 9.90 Å². The number of rotatable bonds is 9. The van der Waals surface area contributed by atoms with Crippen LogP contribution in [0.4, 0.5) is 11.4 Å². The zero-order valence-electron chi connectivity index (χ0n) is 20.3. The first-order chi connectivity index (χ1) is 17.0. The fourth-order valence-electron chi connectivity index (χ4n) is 4.66. The first-order valence-corrected chi connectivity index (χ1v) is 12.5. The van der Waals surface area contributed by atoms with Crippen LogP contribution >= 0.6 is 11.6 Å². The monoisotopic (exact) mass is 503 g/mol. The third-order valence-corrected chi connectivity index (χ3v) is 6.85. The Morgan fingerprint density at radius 2 is 2.29 bits per heavy atom. The summed E-state index contributed by atoms with van der Waals surface area (Å²) in [5.74, 6) is 0.418. The summed E-state index contributed by atoms with van der Waals surface area (Å²) in [6.45, 7) is 5.73. The Kier molecular flexibility index (Phi) is 8.67. The summed E-state index contributed by atoms with van der Waals surface area (Å²) in [6, 6.07) is 7.60. The summed E-state index contributed by atoms with van der Waals surface area (Å²) >= 11 is 6.31. The van der Waals surface area contributed by atoms with Gasteiger partial charge in [-0.15, -0.1) is 0 Å². The van der Waals surface area contributed by atoms with E-state index in [1.807, 2.05) is 31.2 Å². The van der Waals surface area contributed by atoms with Crippen LogP contribution < -0.4 is 20.3 Å². The standard InChI is InChI=1S/C25H34ClN5O4/c1-3-30(23-15-27-8-10-35-23)25(33)24-21(28-13-17-6-7-22(34-2)20(26)11-17)12-19(14-29-24)31-9-4-5-18(31)16-32/h6-7,11-12,14,18,23,27-28,32H,3-5,8-10,13,15-16H2,1-2H3. The van der Waals surface area contributed by atoms with Crippen molar-refractivity contribution in [3.63, 3.8) is 0 Å². The Hall–Kier alpha value is -2.59. The van der Waals surface area contributed by atoms with E-state index in [1.165, 1.54) is 0 Å². The zero-order chi connectivity index (χ0) is 24.8. The van der Waals surface area contributed by atoms with Gasteiger partial charge in [0.2, 0.25) is 0 Å². The summed E-state index contributed by atoms with van der Waals surface area (Å²) < 4.78 is 11.1. The minimum atomic E-state index is -0.340. The molecular weight excluding hydrogens is 470 g/mol. The van der Waals surface area contributed by atoms with Gasteiger partial charge in [0, 0.05) is 32.7 Å². The van der Waals surface area contributed by atoms with Gasteiger partial charge in [-0.3, -0.25) is 4.79 Å². The number of nitrogens with one attached hydrogen (secondary N) is 2. The van der Waals surface area contributed by atoms with Crippen LogP contribution in [0, 0.1) is 0 Å². The molecular formula is C25H34ClN5O4. The van der Waals surface area contributed by atoms with Gasteiger partial charge < -0.3 is 35.0 Å². The molecule has 1 aromatic carbocycles. The molecule has 2 atom stereocenters. The number of hydrogen-bond acceptors (Lipinski definition) is 8. The molecule has 3 heterocycles. The van der Waals surface area contributed by atoms with Gasteiger partial charge in [0.05, 0.1) is 49.0 Å². The number of aliphatic hydroxyl groups is 1. The number of anilines is 2. The van der Waals surface area contributed by atoms with Crippen molar-refractivity contribution < 1.29 is 19.4 Å². The van der Waals surface area contributed by atoms with Crippen molar-refractivity contribution >= 4 is 28.9 Å². The number of benzene rings is 1. The second kappa shape index (κ2) is 11.9. The predicted molar refractivity (Wildman–Crippen MR) is 136 cm³/mol. The lowest BCUT2D eigenvalue weighted by molar-refractivity contribution is -0.0589. The van der Waals surface area contributed by atoms with Crippen LogP contribution in [0.25, 0.3) is 0 Å². The highest BCUT2D eigenvalue weighted by atomic mass is 35.5. The van der Waals surface area contributed by atoms with Gasteiger partial charge in [-0.25, -0.2) is 4.98 Å². The number of pyridine rings is 1. The molecule has 1 aromatic heterocycles. The molecule has 2 aliphatic rings. The molecule has 35 heavy (non-hydrogen) atoms. The SMILES string of the molecule is CCN(C(=O)c1ncc(N2CCCC2CO)cc1NCc1ccc(OC)c(Cl)c1)C1CNCCO1. The van der Waals surface area contributed by atoms with Gasteiger partial charge in [0.15, 0.2) is 5.69 Å². The topological polar surface area (TPSA) is 99.2 Å². The highest BCUT2D eigenvalue weighted by Crippen LogP contribution is 2.30. The molecule has 0 spiro atoms. The maximum atomic E-state index is 13.6. The van der Waals surface area contributed by atoms with Crippen molar-refractivity contribution in [1.82, 2.24) is 15.2 Å². The maximum absolute atomic E-state index is 13.6. The van der Waals surface area contributed by atoms with E-state index in [1.54, 1.807) is 18.2 Å². The van der Waals surface area contributed by atoms with Crippen LogP contribution in [0.15, 0.2) is 30.5 Å². The van der Waals surface area contributed by atoms with Gasteiger partial charge in [-0.05, 0) is 43.5 Å². The number of aliphatic hydroxyl groups excluding tert-OH is 1. The summed E-state index contributed by atoms with van der Waals surface area (Å²) in [6.07, 6.45) is 3.33. The van der Waals surface area contributed by atoms with Crippen molar-refractivity contribution in [3.05, 3.63) is 46.7 Å². The van der Waals surface area contributed by atoms with Crippen molar-refractivity contribution in [1.29, 1.82) is 0 Å². The summed E-state index contributed by atoms with van der Waals surface area (Å²) in [5.41, 5.74) is 2.79. The normalized spacial score (nSPS) is 20.1. The average Bonchev–Trinajstić information content (AvgIpc) is 3.37. The summed E-state index contributed by atoms with van der Waals surface area (Å²) in [7, 11) is 1.58. The molecule has 1 amide bonds. The number of morpholine rings is 1. The highest BCUT2D eigenvalue weighted by molar-refractivity contribution is 6.32. The van der Waals surface area contributed by atoms with Gasteiger partial charge in [0.25, 0.3) is 5.91 Å². The fraction of sp³-hybridized carbons (Fsp3) is 0.520. The Bertz CT molecular complexity index is 1020. The van der Waals surface area contributed by atoms with E-state index in [0.29, 0.717) is 48.4 Å². The second-order valence-electron chi connectivity index (χ2n) is 8.70. The summed E-state index contributed by atoms with van der Waals surface area (Å²) in [5, 5.41) is 17.0. The Labute approximate surface area is 211 Å². The molecule has 190 valence electrons. The zero-order valence-corrected chi connectivity index (χ0v) is 21.1. The van der Waals surface area contributed by atoms with E-state index >= 15 is 0 Å². The number of methoxy groups -OCH3 is 1. The first kappa shape index (κ1) is 25.5. The molecule has 2 unspecified atom stereocenters. The van der Waals surface area contributed by atoms with Crippen molar-refractivity contribution in [2.75, 3.05) is 56.7 Å². The molecule has 0 bridgehead atoms. The fourth-order valence-corrected chi connectivity index (χ4v) is 4.94.